The summed E-state index contributed by atoms with van der Waals surface area (Å²) >= 11 is 0. The van der Waals surface area contributed by atoms with Crippen molar-refractivity contribution < 1.29 is 9.18 Å². The maximum atomic E-state index is 14.5. The summed E-state index contributed by atoms with van der Waals surface area (Å²) in [7, 11) is 0. The van der Waals surface area contributed by atoms with Crippen LogP contribution in [0.4, 0.5) is 4.39 Å². The average molecular weight is 350 g/mol. The Labute approximate surface area is 148 Å². The Morgan fingerprint density at radius 2 is 2.23 bits per heavy atom. The van der Waals surface area contributed by atoms with E-state index in [0.717, 1.165) is 11.2 Å². The van der Waals surface area contributed by atoms with E-state index in [9.17, 15) is 9.18 Å². The zero-order valence-corrected chi connectivity index (χ0v) is 13.8. The van der Waals surface area contributed by atoms with E-state index in [2.05, 4.69) is 15.3 Å². The molecule has 1 N–H and O–H groups in total. The first-order chi connectivity index (χ1) is 12.6. The fourth-order valence-electron chi connectivity index (χ4n) is 3.08. The molecule has 1 fully saturated rings. The van der Waals surface area contributed by atoms with Crippen LogP contribution in [0.15, 0.2) is 43.0 Å². The monoisotopic (exact) mass is 350 g/mol. The third-order valence-corrected chi connectivity index (χ3v) is 4.44. The fraction of sp³-hybridized carbons (Fsp3) is 0.222. The lowest BCUT2D eigenvalue weighted by Crippen LogP contribution is -2.37. The van der Waals surface area contributed by atoms with Crippen molar-refractivity contribution in [2.75, 3.05) is 13.1 Å². The van der Waals surface area contributed by atoms with Gasteiger partial charge >= 0.3 is 0 Å². The molecule has 4 heterocycles. The third-order valence-electron chi connectivity index (χ3n) is 4.44. The molecule has 1 saturated heterocycles. The predicted molar refractivity (Wildman–Crippen MR) is 91.4 cm³/mol. The smallest absolute Gasteiger partial charge is 0.273 e. The Morgan fingerprint density at radius 1 is 1.35 bits per heavy atom. The number of hydrogen-bond acceptors (Lipinski definition) is 5. The Kier molecular flexibility index (Phi) is 3.97. The molecule has 1 amide bonds. The number of amides is 1. The number of aromatic nitrogens is 3. The van der Waals surface area contributed by atoms with Gasteiger partial charge in [0.15, 0.2) is 17.7 Å². The zero-order valence-electron chi connectivity index (χ0n) is 13.8. The molecule has 0 aromatic carbocycles. The summed E-state index contributed by atoms with van der Waals surface area (Å²) < 4.78 is 16.3. The number of rotatable bonds is 3. The van der Waals surface area contributed by atoms with Crippen LogP contribution in [0.5, 0.6) is 0 Å². The van der Waals surface area contributed by atoms with Gasteiger partial charge in [0.2, 0.25) is 0 Å². The maximum Gasteiger partial charge on any atom is 0.273 e. The van der Waals surface area contributed by atoms with E-state index in [1.165, 1.54) is 12.3 Å². The number of pyridine rings is 2. The van der Waals surface area contributed by atoms with Gasteiger partial charge in [-0.25, -0.2) is 14.4 Å². The highest BCUT2D eigenvalue weighted by Gasteiger charge is 2.25. The van der Waals surface area contributed by atoms with Crippen molar-refractivity contribution in [1.82, 2.24) is 24.6 Å². The van der Waals surface area contributed by atoms with Crippen molar-refractivity contribution in [3.05, 3.63) is 54.5 Å². The third kappa shape index (κ3) is 2.95. The van der Waals surface area contributed by atoms with Gasteiger partial charge in [0.05, 0.1) is 0 Å². The van der Waals surface area contributed by atoms with Gasteiger partial charge in [0, 0.05) is 55.0 Å². The topological polar surface area (TPSA) is 86.3 Å². The van der Waals surface area contributed by atoms with Gasteiger partial charge in [-0.15, -0.1) is 0 Å². The number of carbonyl (C=O) groups excluding carboxylic acids is 1. The lowest BCUT2D eigenvalue weighted by atomic mass is 10.1. The van der Waals surface area contributed by atoms with Crippen molar-refractivity contribution in [1.29, 1.82) is 5.26 Å². The number of nitriles is 1. The molecule has 0 unspecified atom stereocenters. The molecule has 4 rings (SSSR count). The van der Waals surface area contributed by atoms with Gasteiger partial charge in [0.1, 0.15) is 5.65 Å². The highest BCUT2D eigenvalue weighted by Crippen LogP contribution is 2.21. The first-order valence-corrected chi connectivity index (χ1v) is 8.18. The lowest BCUT2D eigenvalue weighted by molar-refractivity contribution is 0.0929. The highest BCUT2D eigenvalue weighted by molar-refractivity contribution is 5.93. The van der Waals surface area contributed by atoms with Gasteiger partial charge < -0.3 is 14.6 Å². The Hall–Kier alpha value is -3.47. The standard InChI is InChI=1S/C18H15FN6O/c19-15-7-13(12-1-2-16-21-4-6-25(16)9-12)8-22-17(15)18(26)23-14-3-5-24(10-14)11-20/h1-2,4,6-9,14H,3,5,10H2,(H,23,26)/t14-/m1/s1. The van der Waals surface area contributed by atoms with Gasteiger partial charge in [-0.05, 0) is 24.6 Å². The van der Waals surface area contributed by atoms with Crippen LogP contribution in [-0.2, 0) is 0 Å². The van der Waals surface area contributed by atoms with Crippen molar-refractivity contribution in [3.8, 4) is 17.3 Å². The minimum absolute atomic E-state index is 0.174. The minimum Gasteiger partial charge on any atom is -0.346 e. The predicted octanol–water partition coefficient (Wildman–Crippen LogP) is 1.82. The van der Waals surface area contributed by atoms with Gasteiger partial charge in [-0.2, -0.15) is 5.26 Å². The number of halogens is 1. The van der Waals surface area contributed by atoms with Crippen LogP contribution in [0, 0.1) is 17.3 Å². The Balaban J connectivity index is 1.54. The Morgan fingerprint density at radius 3 is 3.00 bits per heavy atom. The molecule has 0 spiro atoms. The number of fused-ring (bicyclic) bond motifs is 1. The zero-order chi connectivity index (χ0) is 18.1. The number of hydrogen-bond donors (Lipinski definition) is 1. The van der Waals surface area contributed by atoms with E-state index in [1.807, 2.05) is 28.9 Å². The quantitative estimate of drug-likeness (QED) is 0.728. The SMILES string of the molecule is N#CN1CC[C@@H](NC(=O)c2ncc(-c3ccc4nccn4c3)cc2F)C1. The molecule has 1 atom stereocenters. The molecule has 0 bridgehead atoms. The molecule has 3 aromatic heterocycles. The first kappa shape index (κ1) is 16.0. The van der Waals surface area contributed by atoms with Crippen molar-refractivity contribution >= 4 is 11.6 Å². The molecule has 1 aliphatic heterocycles. The summed E-state index contributed by atoms with van der Waals surface area (Å²) in [4.78, 5) is 22.0. The second-order valence-corrected chi connectivity index (χ2v) is 6.17. The number of nitrogens with zero attached hydrogens (tertiary/aromatic N) is 5. The summed E-state index contributed by atoms with van der Waals surface area (Å²) in [5.41, 5.74) is 1.90. The summed E-state index contributed by atoms with van der Waals surface area (Å²) in [5, 5.41) is 11.6. The van der Waals surface area contributed by atoms with E-state index in [-0.39, 0.29) is 11.7 Å². The van der Waals surface area contributed by atoms with Gasteiger partial charge in [0.25, 0.3) is 5.91 Å². The maximum absolute atomic E-state index is 14.5. The molecule has 3 aromatic rings. The van der Waals surface area contributed by atoms with Crippen LogP contribution < -0.4 is 5.32 Å². The van der Waals surface area contributed by atoms with E-state index in [0.29, 0.717) is 25.1 Å². The molecule has 26 heavy (non-hydrogen) atoms. The number of nitrogens with one attached hydrogen (secondary N) is 1. The highest BCUT2D eigenvalue weighted by atomic mass is 19.1. The number of carbonyl (C=O) groups is 1. The number of likely N-dealkylation sites (tertiary alicyclic amines) is 1. The molecule has 7 nitrogen and oxygen atoms in total. The molecular formula is C18H15FN6O. The summed E-state index contributed by atoms with van der Waals surface area (Å²) in [6.07, 6.45) is 9.49. The molecule has 1 aliphatic rings. The molecular weight excluding hydrogens is 335 g/mol. The summed E-state index contributed by atoms with van der Waals surface area (Å²) in [5.74, 6) is -1.25. The van der Waals surface area contributed by atoms with Crippen LogP contribution in [0.25, 0.3) is 16.8 Å². The van der Waals surface area contributed by atoms with Crippen LogP contribution >= 0.6 is 0 Å². The molecule has 0 saturated carbocycles. The van der Waals surface area contributed by atoms with Crippen molar-refractivity contribution in [3.63, 3.8) is 0 Å². The van der Waals surface area contributed by atoms with E-state index in [1.54, 1.807) is 17.3 Å². The van der Waals surface area contributed by atoms with E-state index >= 15 is 0 Å². The fourth-order valence-corrected chi connectivity index (χ4v) is 3.08. The van der Waals surface area contributed by atoms with Crippen molar-refractivity contribution in [2.45, 2.75) is 12.5 Å². The average Bonchev–Trinajstić information content (AvgIpc) is 3.29. The van der Waals surface area contributed by atoms with E-state index < -0.39 is 11.7 Å². The van der Waals surface area contributed by atoms with Crippen molar-refractivity contribution in [2.24, 2.45) is 0 Å². The molecule has 0 aliphatic carbocycles. The van der Waals surface area contributed by atoms with Gasteiger partial charge in [-0.1, -0.05) is 0 Å². The van der Waals surface area contributed by atoms with E-state index in [4.69, 9.17) is 5.26 Å². The van der Waals surface area contributed by atoms with Crippen LogP contribution in [0.3, 0.4) is 0 Å². The minimum atomic E-state index is -0.680. The van der Waals surface area contributed by atoms with Crippen LogP contribution in [0.2, 0.25) is 0 Å². The lowest BCUT2D eigenvalue weighted by Gasteiger charge is -2.12. The second-order valence-electron chi connectivity index (χ2n) is 6.17. The molecule has 8 heteroatoms. The second kappa shape index (κ2) is 6.44. The molecule has 130 valence electrons. The molecule has 0 radical (unpaired) electrons. The van der Waals surface area contributed by atoms with Crippen LogP contribution in [0.1, 0.15) is 16.9 Å². The van der Waals surface area contributed by atoms with Crippen LogP contribution in [-0.4, -0.2) is 44.3 Å². The largest absolute Gasteiger partial charge is 0.346 e. The normalized spacial score (nSPS) is 16.6. The van der Waals surface area contributed by atoms with Gasteiger partial charge in [-0.3, -0.25) is 4.79 Å². The first-order valence-electron chi connectivity index (χ1n) is 8.18. The Bertz CT molecular complexity index is 1020. The summed E-state index contributed by atoms with van der Waals surface area (Å²) in [6.45, 7) is 1.03. The number of imidazole rings is 1. The summed E-state index contributed by atoms with van der Waals surface area (Å²) in [6, 6.07) is 4.78.